The lowest BCUT2D eigenvalue weighted by molar-refractivity contribution is 0.102. The van der Waals surface area contributed by atoms with Crippen LogP contribution < -0.4 is 15.4 Å². The van der Waals surface area contributed by atoms with Crippen LogP contribution in [0.15, 0.2) is 91.1 Å². The highest BCUT2D eigenvalue weighted by molar-refractivity contribution is 6.10. The van der Waals surface area contributed by atoms with Gasteiger partial charge in [0.05, 0.1) is 0 Å². The number of aryl methyl sites for hydroxylation is 1. The van der Waals surface area contributed by atoms with Crippen LogP contribution in [-0.4, -0.2) is 22.4 Å². The molecule has 0 spiro atoms. The van der Waals surface area contributed by atoms with Gasteiger partial charge >= 0.3 is 0 Å². The SMILES string of the molecule is CCC(C)(C)CNc1nccc(Oc2ccc(NC(=O)c3cccc(-c4ccc(F)cc4C)c3)c3ccccc23)n1. The van der Waals surface area contributed by atoms with E-state index in [0.717, 1.165) is 40.4 Å². The monoisotopic (exact) mass is 548 g/mol. The molecule has 6 nitrogen and oxygen atoms in total. The third-order valence-electron chi connectivity index (χ3n) is 7.28. The summed E-state index contributed by atoms with van der Waals surface area (Å²) in [4.78, 5) is 22.2. The largest absolute Gasteiger partial charge is 0.438 e. The van der Waals surface area contributed by atoms with Crippen molar-refractivity contribution >= 4 is 28.3 Å². The van der Waals surface area contributed by atoms with Gasteiger partial charge in [-0.3, -0.25) is 4.79 Å². The molecule has 41 heavy (non-hydrogen) atoms. The topological polar surface area (TPSA) is 76.1 Å². The van der Waals surface area contributed by atoms with Crippen LogP contribution in [-0.2, 0) is 0 Å². The highest BCUT2D eigenvalue weighted by Crippen LogP contribution is 2.34. The van der Waals surface area contributed by atoms with Gasteiger partial charge in [-0.25, -0.2) is 9.37 Å². The van der Waals surface area contributed by atoms with Gasteiger partial charge in [0.2, 0.25) is 11.8 Å². The Labute approximate surface area is 239 Å². The summed E-state index contributed by atoms with van der Waals surface area (Å²) in [6.07, 6.45) is 2.70. The third-order valence-corrected chi connectivity index (χ3v) is 7.28. The molecule has 0 saturated heterocycles. The molecule has 0 bridgehead atoms. The molecule has 0 aliphatic carbocycles. The molecular formula is C34H33FN4O2. The molecule has 0 aliphatic rings. The lowest BCUT2D eigenvalue weighted by atomic mass is 9.90. The van der Waals surface area contributed by atoms with Crippen molar-refractivity contribution in [3.05, 3.63) is 108 Å². The Morgan fingerprint density at radius 1 is 0.951 bits per heavy atom. The lowest BCUT2D eigenvalue weighted by Crippen LogP contribution is -2.22. The highest BCUT2D eigenvalue weighted by Gasteiger charge is 2.16. The summed E-state index contributed by atoms with van der Waals surface area (Å²) < 4.78 is 19.8. The molecule has 5 rings (SSSR count). The zero-order valence-electron chi connectivity index (χ0n) is 23.7. The van der Waals surface area contributed by atoms with E-state index in [-0.39, 0.29) is 17.1 Å². The number of hydrogen-bond acceptors (Lipinski definition) is 5. The lowest BCUT2D eigenvalue weighted by Gasteiger charge is -2.22. The Balaban J connectivity index is 1.37. The number of hydrogen-bond donors (Lipinski definition) is 2. The average molecular weight is 549 g/mol. The number of benzene rings is 4. The molecule has 2 N–H and O–H groups in total. The smallest absolute Gasteiger partial charge is 0.255 e. The van der Waals surface area contributed by atoms with E-state index < -0.39 is 0 Å². The van der Waals surface area contributed by atoms with E-state index in [2.05, 4.69) is 41.4 Å². The minimum Gasteiger partial charge on any atom is -0.438 e. The first-order valence-electron chi connectivity index (χ1n) is 13.7. The van der Waals surface area contributed by atoms with E-state index in [9.17, 15) is 9.18 Å². The van der Waals surface area contributed by atoms with Gasteiger partial charge in [0.15, 0.2) is 0 Å². The van der Waals surface area contributed by atoms with Crippen molar-refractivity contribution in [1.82, 2.24) is 9.97 Å². The van der Waals surface area contributed by atoms with Gasteiger partial charge in [-0.15, -0.1) is 0 Å². The van der Waals surface area contributed by atoms with Crippen molar-refractivity contribution in [3.63, 3.8) is 0 Å². The maximum absolute atomic E-state index is 13.6. The molecule has 5 aromatic rings. The van der Waals surface area contributed by atoms with E-state index in [1.54, 1.807) is 24.4 Å². The van der Waals surface area contributed by atoms with E-state index in [1.807, 2.05) is 61.5 Å². The number of halogens is 1. The number of amides is 1. The van der Waals surface area contributed by atoms with Crippen molar-refractivity contribution in [2.24, 2.45) is 5.41 Å². The Morgan fingerprint density at radius 2 is 1.76 bits per heavy atom. The third kappa shape index (κ3) is 6.52. The van der Waals surface area contributed by atoms with Crippen molar-refractivity contribution < 1.29 is 13.9 Å². The number of fused-ring (bicyclic) bond motifs is 1. The fourth-order valence-electron chi connectivity index (χ4n) is 4.48. The van der Waals surface area contributed by atoms with Crippen molar-refractivity contribution in [3.8, 4) is 22.8 Å². The van der Waals surface area contributed by atoms with Crippen LogP contribution in [0.4, 0.5) is 16.0 Å². The zero-order chi connectivity index (χ0) is 29.0. The summed E-state index contributed by atoms with van der Waals surface area (Å²) in [7, 11) is 0. The van der Waals surface area contributed by atoms with Gasteiger partial charge in [0, 0.05) is 40.8 Å². The standard InChI is InChI=1S/C34H33FN4O2/c1-5-34(3,4)21-37-33-36-18-17-31(39-33)41-30-16-15-29(27-11-6-7-12-28(27)30)38-32(40)24-10-8-9-23(20-24)26-14-13-25(35)19-22(26)2/h6-20H,5,21H2,1-4H3,(H,38,40)(H,36,37,39). The first-order valence-corrected chi connectivity index (χ1v) is 13.7. The van der Waals surface area contributed by atoms with Crippen molar-refractivity contribution in [2.45, 2.75) is 34.1 Å². The molecular weight excluding hydrogens is 515 g/mol. The number of carbonyl (C=O) groups is 1. The molecule has 0 radical (unpaired) electrons. The fourth-order valence-corrected chi connectivity index (χ4v) is 4.48. The molecule has 4 aromatic carbocycles. The summed E-state index contributed by atoms with van der Waals surface area (Å²) in [5.41, 5.74) is 3.82. The molecule has 0 unspecified atom stereocenters. The number of rotatable bonds is 9. The molecule has 0 fully saturated rings. The minimum atomic E-state index is -0.285. The molecule has 0 saturated carbocycles. The summed E-state index contributed by atoms with van der Waals surface area (Å²) in [6, 6.07) is 25.1. The van der Waals surface area contributed by atoms with Gasteiger partial charge in [0.1, 0.15) is 11.6 Å². The van der Waals surface area contributed by atoms with Crippen LogP contribution in [0, 0.1) is 18.2 Å². The van der Waals surface area contributed by atoms with Crippen LogP contribution in [0.1, 0.15) is 43.1 Å². The quantitative estimate of drug-likeness (QED) is 0.193. The fraction of sp³-hybridized carbons (Fsp3) is 0.206. The number of nitrogens with zero attached hydrogens (tertiary/aromatic N) is 2. The van der Waals surface area contributed by atoms with Gasteiger partial charge in [-0.1, -0.05) is 63.2 Å². The zero-order valence-corrected chi connectivity index (χ0v) is 23.7. The van der Waals surface area contributed by atoms with Crippen LogP contribution in [0.2, 0.25) is 0 Å². The van der Waals surface area contributed by atoms with Gasteiger partial charge in [-0.2, -0.15) is 4.98 Å². The minimum absolute atomic E-state index is 0.123. The summed E-state index contributed by atoms with van der Waals surface area (Å²) >= 11 is 0. The predicted octanol–water partition coefficient (Wildman–Crippen LogP) is 8.64. The van der Waals surface area contributed by atoms with Crippen LogP contribution in [0.3, 0.4) is 0 Å². The normalized spacial score (nSPS) is 11.3. The van der Waals surface area contributed by atoms with Crippen molar-refractivity contribution in [2.75, 3.05) is 17.2 Å². The van der Waals surface area contributed by atoms with E-state index >= 15 is 0 Å². The Hall–Kier alpha value is -4.78. The number of aromatic nitrogens is 2. The van der Waals surface area contributed by atoms with E-state index in [1.165, 1.54) is 12.1 Å². The molecule has 1 aromatic heterocycles. The number of carbonyl (C=O) groups excluding carboxylic acids is 1. The molecule has 1 heterocycles. The Morgan fingerprint density at radius 3 is 2.54 bits per heavy atom. The summed E-state index contributed by atoms with van der Waals surface area (Å²) in [6.45, 7) is 9.14. The molecule has 208 valence electrons. The second-order valence-corrected chi connectivity index (χ2v) is 10.8. The molecule has 7 heteroatoms. The maximum atomic E-state index is 13.6. The Bertz CT molecular complexity index is 1720. The summed E-state index contributed by atoms with van der Waals surface area (Å²) in [5.74, 6) is 1.02. The highest BCUT2D eigenvalue weighted by atomic mass is 19.1. The first kappa shape index (κ1) is 27.8. The number of nitrogens with one attached hydrogen (secondary N) is 2. The second kappa shape index (κ2) is 11.8. The second-order valence-electron chi connectivity index (χ2n) is 10.8. The van der Waals surface area contributed by atoms with Gasteiger partial charge in [-0.05, 0) is 71.8 Å². The predicted molar refractivity (Wildman–Crippen MR) is 163 cm³/mol. The van der Waals surface area contributed by atoms with Crippen LogP contribution >= 0.6 is 0 Å². The maximum Gasteiger partial charge on any atom is 0.255 e. The van der Waals surface area contributed by atoms with E-state index in [0.29, 0.717) is 28.8 Å². The van der Waals surface area contributed by atoms with Crippen LogP contribution in [0.25, 0.3) is 21.9 Å². The molecule has 0 atom stereocenters. The van der Waals surface area contributed by atoms with E-state index in [4.69, 9.17) is 4.74 Å². The molecule has 1 amide bonds. The number of ether oxygens (including phenoxy) is 1. The van der Waals surface area contributed by atoms with Crippen LogP contribution in [0.5, 0.6) is 11.6 Å². The average Bonchev–Trinajstić information content (AvgIpc) is 2.98. The van der Waals surface area contributed by atoms with Gasteiger partial charge < -0.3 is 15.4 Å². The molecule has 0 aliphatic heterocycles. The first-order chi connectivity index (χ1) is 19.7. The number of anilines is 2. The van der Waals surface area contributed by atoms with Crippen molar-refractivity contribution in [1.29, 1.82) is 0 Å². The Kier molecular flexibility index (Phi) is 7.97. The summed E-state index contributed by atoms with van der Waals surface area (Å²) in [5, 5.41) is 8.02. The van der Waals surface area contributed by atoms with Gasteiger partial charge in [0.25, 0.3) is 5.91 Å².